The SMILES string of the molecule is COc1ccc(-c2c(NC(=O)c3ccccc3)oc3ccc(Cl)cc3c2=O)cc1. The summed E-state index contributed by atoms with van der Waals surface area (Å²) >= 11 is 6.07. The Bertz CT molecular complexity index is 1250. The predicted molar refractivity (Wildman–Crippen MR) is 114 cm³/mol. The van der Waals surface area contributed by atoms with Crippen molar-refractivity contribution in [3.05, 3.63) is 93.6 Å². The van der Waals surface area contributed by atoms with E-state index in [1.165, 1.54) is 0 Å². The van der Waals surface area contributed by atoms with Crippen molar-refractivity contribution >= 4 is 34.4 Å². The summed E-state index contributed by atoms with van der Waals surface area (Å²) in [6.07, 6.45) is 0. The minimum atomic E-state index is -0.378. The molecule has 0 saturated carbocycles. The molecule has 0 unspecified atom stereocenters. The first-order valence-electron chi connectivity index (χ1n) is 8.84. The van der Waals surface area contributed by atoms with E-state index in [2.05, 4.69) is 5.32 Å². The van der Waals surface area contributed by atoms with Crippen LogP contribution in [0.25, 0.3) is 22.1 Å². The van der Waals surface area contributed by atoms with E-state index in [-0.39, 0.29) is 22.8 Å². The van der Waals surface area contributed by atoms with Crippen molar-refractivity contribution in [2.45, 2.75) is 0 Å². The van der Waals surface area contributed by atoms with Crippen LogP contribution in [0.4, 0.5) is 5.88 Å². The van der Waals surface area contributed by atoms with Crippen LogP contribution < -0.4 is 15.5 Å². The molecule has 5 nitrogen and oxygen atoms in total. The number of hydrogen-bond acceptors (Lipinski definition) is 4. The van der Waals surface area contributed by atoms with Gasteiger partial charge < -0.3 is 9.15 Å². The van der Waals surface area contributed by atoms with Crippen LogP contribution in [0.2, 0.25) is 5.02 Å². The third kappa shape index (κ3) is 3.73. The van der Waals surface area contributed by atoms with Crippen molar-refractivity contribution < 1.29 is 13.9 Å². The number of amides is 1. The molecule has 0 atom stereocenters. The Hall–Kier alpha value is -3.57. The minimum absolute atomic E-state index is 0.0730. The number of carbonyl (C=O) groups excluding carboxylic acids is 1. The van der Waals surface area contributed by atoms with Crippen LogP contribution in [-0.2, 0) is 0 Å². The summed E-state index contributed by atoms with van der Waals surface area (Å²) in [6, 6.07) is 20.4. The Morgan fingerprint density at radius 2 is 1.72 bits per heavy atom. The van der Waals surface area contributed by atoms with E-state index in [9.17, 15) is 9.59 Å². The molecule has 1 amide bonds. The lowest BCUT2D eigenvalue weighted by molar-refractivity contribution is 0.102. The number of benzene rings is 3. The van der Waals surface area contributed by atoms with E-state index >= 15 is 0 Å². The Morgan fingerprint density at radius 3 is 2.41 bits per heavy atom. The molecule has 0 fully saturated rings. The van der Waals surface area contributed by atoms with Crippen molar-refractivity contribution in [1.29, 1.82) is 0 Å². The molecule has 0 aliphatic heterocycles. The predicted octanol–water partition coefficient (Wildman–Crippen LogP) is 5.37. The second kappa shape index (κ2) is 7.81. The maximum absolute atomic E-state index is 13.3. The number of fused-ring (bicyclic) bond motifs is 1. The van der Waals surface area contributed by atoms with Crippen LogP contribution in [0.3, 0.4) is 0 Å². The third-order valence-corrected chi connectivity index (χ3v) is 4.73. The van der Waals surface area contributed by atoms with Crippen molar-refractivity contribution in [1.82, 2.24) is 0 Å². The summed E-state index contributed by atoms with van der Waals surface area (Å²) < 4.78 is 11.1. The van der Waals surface area contributed by atoms with Gasteiger partial charge in [-0.2, -0.15) is 0 Å². The van der Waals surface area contributed by atoms with Crippen molar-refractivity contribution in [2.24, 2.45) is 0 Å². The largest absolute Gasteiger partial charge is 0.497 e. The lowest BCUT2D eigenvalue weighted by Gasteiger charge is -2.12. The molecule has 1 heterocycles. The van der Waals surface area contributed by atoms with Crippen molar-refractivity contribution in [2.75, 3.05) is 12.4 Å². The van der Waals surface area contributed by atoms with Gasteiger partial charge in [0.1, 0.15) is 11.3 Å². The number of nitrogens with one attached hydrogen (secondary N) is 1. The highest BCUT2D eigenvalue weighted by atomic mass is 35.5. The van der Waals surface area contributed by atoms with E-state index in [1.54, 1.807) is 73.8 Å². The fourth-order valence-corrected chi connectivity index (χ4v) is 3.21. The maximum atomic E-state index is 13.3. The highest BCUT2D eigenvalue weighted by molar-refractivity contribution is 6.31. The first-order valence-corrected chi connectivity index (χ1v) is 9.22. The molecular formula is C23H16ClNO4. The topological polar surface area (TPSA) is 68.5 Å². The molecule has 0 spiro atoms. The molecule has 144 valence electrons. The zero-order valence-electron chi connectivity index (χ0n) is 15.4. The summed E-state index contributed by atoms with van der Waals surface area (Å²) in [5.41, 5.74) is 1.32. The van der Waals surface area contributed by atoms with Gasteiger partial charge in [-0.15, -0.1) is 0 Å². The van der Waals surface area contributed by atoms with Crippen LogP contribution >= 0.6 is 11.6 Å². The Labute approximate surface area is 171 Å². The average Bonchev–Trinajstić information content (AvgIpc) is 2.75. The van der Waals surface area contributed by atoms with Gasteiger partial charge in [0.2, 0.25) is 11.3 Å². The molecule has 0 bridgehead atoms. The minimum Gasteiger partial charge on any atom is -0.497 e. The van der Waals surface area contributed by atoms with E-state index in [1.807, 2.05) is 6.07 Å². The van der Waals surface area contributed by atoms with Crippen LogP contribution in [0.1, 0.15) is 10.4 Å². The smallest absolute Gasteiger partial charge is 0.257 e. The number of methoxy groups -OCH3 is 1. The van der Waals surface area contributed by atoms with Gasteiger partial charge in [0.05, 0.1) is 18.1 Å². The number of anilines is 1. The summed E-state index contributed by atoms with van der Waals surface area (Å²) in [4.78, 5) is 26.0. The molecule has 6 heteroatoms. The van der Waals surface area contributed by atoms with Gasteiger partial charge in [-0.05, 0) is 48.0 Å². The molecule has 4 aromatic rings. The second-order valence-electron chi connectivity index (χ2n) is 6.32. The van der Waals surface area contributed by atoms with Crippen molar-refractivity contribution in [3.8, 4) is 16.9 Å². The van der Waals surface area contributed by atoms with Crippen LogP contribution in [0.15, 0.2) is 82.0 Å². The Balaban J connectivity index is 1.90. The molecule has 1 aromatic heterocycles. The first-order chi connectivity index (χ1) is 14.1. The Morgan fingerprint density at radius 1 is 1.00 bits per heavy atom. The molecule has 0 aliphatic carbocycles. The zero-order chi connectivity index (χ0) is 20.4. The molecule has 1 N–H and O–H groups in total. The number of ether oxygens (including phenoxy) is 1. The van der Waals surface area contributed by atoms with Crippen LogP contribution in [0, 0.1) is 0 Å². The van der Waals surface area contributed by atoms with Crippen LogP contribution in [0.5, 0.6) is 5.75 Å². The number of hydrogen-bond donors (Lipinski definition) is 1. The maximum Gasteiger partial charge on any atom is 0.257 e. The lowest BCUT2D eigenvalue weighted by Crippen LogP contribution is -2.16. The number of halogens is 1. The van der Waals surface area contributed by atoms with Gasteiger partial charge in [-0.3, -0.25) is 14.9 Å². The summed E-state index contributed by atoms with van der Waals surface area (Å²) in [6.45, 7) is 0. The standard InChI is InChI=1S/C23H16ClNO4/c1-28-17-10-7-14(8-11-17)20-21(26)18-13-16(24)9-12-19(18)29-23(20)25-22(27)15-5-3-2-4-6-15/h2-13H,1H3,(H,25,27). The molecule has 3 aromatic carbocycles. The molecule has 0 saturated heterocycles. The quantitative estimate of drug-likeness (QED) is 0.495. The molecule has 4 rings (SSSR count). The van der Waals surface area contributed by atoms with Gasteiger partial charge in [-0.25, -0.2) is 0 Å². The first kappa shape index (κ1) is 18.8. The van der Waals surface area contributed by atoms with Gasteiger partial charge in [0, 0.05) is 10.6 Å². The zero-order valence-corrected chi connectivity index (χ0v) is 16.2. The summed E-state index contributed by atoms with van der Waals surface area (Å²) in [5, 5.41) is 3.49. The highest BCUT2D eigenvalue weighted by Crippen LogP contribution is 2.31. The monoisotopic (exact) mass is 405 g/mol. The second-order valence-corrected chi connectivity index (χ2v) is 6.76. The number of carbonyl (C=O) groups is 1. The summed E-state index contributed by atoms with van der Waals surface area (Å²) in [5.74, 6) is 0.345. The lowest BCUT2D eigenvalue weighted by atomic mass is 10.0. The normalized spacial score (nSPS) is 10.7. The van der Waals surface area contributed by atoms with E-state index in [4.69, 9.17) is 20.8 Å². The van der Waals surface area contributed by atoms with Crippen LogP contribution in [-0.4, -0.2) is 13.0 Å². The molecule has 29 heavy (non-hydrogen) atoms. The van der Waals surface area contributed by atoms with E-state index in [0.717, 1.165) is 0 Å². The van der Waals surface area contributed by atoms with Gasteiger partial charge in [0.25, 0.3) is 5.91 Å². The van der Waals surface area contributed by atoms with Gasteiger partial charge in [0.15, 0.2) is 0 Å². The highest BCUT2D eigenvalue weighted by Gasteiger charge is 2.19. The fraction of sp³-hybridized carbons (Fsp3) is 0.0435. The third-order valence-electron chi connectivity index (χ3n) is 4.49. The van der Waals surface area contributed by atoms with E-state index in [0.29, 0.717) is 32.9 Å². The van der Waals surface area contributed by atoms with Gasteiger partial charge in [-0.1, -0.05) is 41.9 Å². The molecule has 0 radical (unpaired) electrons. The Kier molecular flexibility index (Phi) is 5.06. The number of rotatable bonds is 4. The van der Waals surface area contributed by atoms with E-state index < -0.39 is 0 Å². The van der Waals surface area contributed by atoms with Crippen molar-refractivity contribution in [3.63, 3.8) is 0 Å². The average molecular weight is 406 g/mol. The fourth-order valence-electron chi connectivity index (χ4n) is 3.04. The van der Waals surface area contributed by atoms with Gasteiger partial charge >= 0.3 is 0 Å². The molecule has 0 aliphatic rings. The molecular weight excluding hydrogens is 390 g/mol. The summed E-state index contributed by atoms with van der Waals surface area (Å²) in [7, 11) is 1.56.